The van der Waals surface area contributed by atoms with E-state index in [9.17, 15) is 0 Å². The Morgan fingerprint density at radius 2 is 2.17 bits per heavy atom. The Morgan fingerprint density at radius 1 is 1.50 bits per heavy atom. The van der Waals surface area contributed by atoms with E-state index in [1.165, 1.54) is 19.3 Å². The number of halogens is 1. The first-order valence-electron chi connectivity index (χ1n) is 2.49. The summed E-state index contributed by atoms with van der Waals surface area (Å²) < 4.78 is 1.02. The molecule has 0 bridgehead atoms. The lowest BCUT2D eigenvalue weighted by Crippen LogP contribution is -2.07. The van der Waals surface area contributed by atoms with Crippen LogP contribution in [0.5, 0.6) is 0 Å². The molecular weight excluding hydrogens is 108 g/mol. The molecule has 32 valence electrons. The zero-order valence-corrected chi connectivity index (χ0v) is 5.95. The summed E-state index contributed by atoms with van der Waals surface area (Å²) >= 11 is -0.103. The molecule has 0 aromatic heterocycles. The fourth-order valence-electron chi connectivity index (χ4n) is 0.647. The average Bonchev–Trinajstić information content (AvgIpc) is 1.31. The second-order valence-electron chi connectivity index (χ2n) is 1.95. The van der Waals surface area contributed by atoms with Gasteiger partial charge in [0.25, 0.3) is 0 Å². The van der Waals surface area contributed by atoms with Crippen LogP contribution >= 0.6 is 9.07 Å². The van der Waals surface area contributed by atoms with E-state index >= 15 is 0 Å². The fourth-order valence-corrected chi connectivity index (χ4v) is 2.46. The van der Waals surface area contributed by atoms with Crippen LogP contribution < -0.4 is 0 Å². The first-order chi connectivity index (χ1) is 2.93. The van der Waals surface area contributed by atoms with E-state index in [4.69, 9.17) is 9.07 Å². The molecule has 1 saturated carbocycles. The number of hydrogen-bond donors (Lipinski definition) is 0. The van der Waals surface area contributed by atoms with Gasteiger partial charge in [0.15, 0.2) is 0 Å². The molecule has 1 aliphatic carbocycles. The van der Waals surface area contributed by atoms with Crippen molar-refractivity contribution in [1.82, 2.24) is 0 Å². The van der Waals surface area contributed by atoms with Crippen LogP contribution in [0.4, 0.5) is 0 Å². The van der Waals surface area contributed by atoms with Crippen LogP contribution in [-0.4, -0.2) is 19.3 Å². The minimum Gasteiger partial charge on any atom is -0.346 e. The average molecular weight is 115 g/mol. The SMILES string of the molecule is [Cl][Mg][CH]1CCC1. The van der Waals surface area contributed by atoms with Gasteiger partial charge in [0.05, 0.1) is 0 Å². The molecule has 0 aromatic rings. The lowest BCUT2D eigenvalue weighted by Gasteiger charge is -2.21. The Morgan fingerprint density at radius 3 is 2.17 bits per heavy atom. The molecule has 0 nitrogen and oxygen atoms in total. The Hall–Kier alpha value is 1.06. The molecule has 0 heterocycles. The number of rotatable bonds is 1. The van der Waals surface area contributed by atoms with Crippen molar-refractivity contribution in [1.29, 1.82) is 0 Å². The van der Waals surface area contributed by atoms with E-state index in [0.717, 1.165) is 4.05 Å². The van der Waals surface area contributed by atoms with Crippen molar-refractivity contribution in [3.05, 3.63) is 0 Å². The molecule has 1 fully saturated rings. The highest BCUT2D eigenvalue weighted by atomic mass is 35.5. The fraction of sp³-hybridized carbons (Fsp3) is 1.00. The predicted octanol–water partition coefficient (Wildman–Crippen LogP) is 1.82. The highest BCUT2D eigenvalue weighted by molar-refractivity contribution is 6.94. The Labute approximate surface area is 51.8 Å². The minimum atomic E-state index is -0.103. The Bertz CT molecular complexity index is 40.1. The maximum absolute atomic E-state index is 5.64. The maximum atomic E-state index is 5.64. The van der Waals surface area contributed by atoms with Crippen molar-refractivity contribution in [2.75, 3.05) is 0 Å². The molecule has 0 amide bonds. The third-order valence-electron chi connectivity index (χ3n) is 1.44. The van der Waals surface area contributed by atoms with Crippen molar-refractivity contribution in [3.63, 3.8) is 0 Å². The van der Waals surface area contributed by atoms with Gasteiger partial charge in [0, 0.05) is 0 Å². The Kier molecular flexibility index (Phi) is 2.07. The molecule has 0 aliphatic heterocycles. The molecule has 0 aromatic carbocycles. The van der Waals surface area contributed by atoms with Crippen molar-refractivity contribution in [2.24, 2.45) is 0 Å². The van der Waals surface area contributed by atoms with E-state index in [1.807, 2.05) is 0 Å². The summed E-state index contributed by atoms with van der Waals surface area (Å²) in [7, 11) is 5.64. The lowest BCUT2D eigenvalue weighted by atomic mass is 9.99. The van der Waals surface area contributed by atoms with Crippen molar-refractivity contribution in [3.8, 4) is 0 Å². The van der Waals surface area contributed by atoms with Crippen LogP contribution in [0.1, 0.15) is 19.3 Å². The van der Waals surface area contributed by atoms with Gasteiger partial charge < -0.3 is 9.07 Å². The van der Waals surface area contributed by atoms with Gasteiger partial charge in [-0.25, -0.2) is 0 Å². The normalized spacial score (nSPS) is 22.2. The van der Waals surface area contributed by atoms with Crippen LogP contribution in [0, 0.1) is 0 Å². The summed E-state index contributed by atoms with van der Waals surface area (Å²) in [6, 6.07) is 0. The van der Waals surface area contributed by atoms with E-state index in [0.29, 0.717) is 0 Å². The van der Waals surface area contributed by atoms with Crippen LogP contribution in [0.25, 0.3) is 0 Å². The molecule has 0 radical (unpaired) electrons. The third-order valence-corrected chi connectivity index (χ3v) is 4.01. The second-order valence-corrected chi connectivity index (χ2v) is 4.34. The summed E-state index contributed by atoms with van der Waals surface area (Å²) in [6.45, 7) is 0. The molecular formula is C4H7ClMg. The predicted molar refractivity (Wildman–Crippen MR) is 29.2 cm³/mol. The summed E-state index contributed by atoms with van der Waals surface area (Å²) in [5.74, 6) is 0. The van der Waals surface area contributed by atoms with E-state index in [1.54, 1.807) is 0 Å². The van der Waals surface area contributed by atoms with Crippen LogP contribution in [0.3, 0.4) is 0 Å². The van der Waals surface area contributed by atoms with Gasteiger partial charge in [0.1, 0.15) is 0 Å². The molecule has 0 saturated heterocycles. The van der Waals surface area contributed by atoms with Gasteiger partial charge in [-0.2, -0.15) is 0 Å². The second kappa shape index (κ2) is 2.39. The van der Waals surface area contributed by atoms with E-state index in [2.05, 4.69) is 0 Å². The monoisotopic (exact) mass is 114 g/mol. The minimum absolute atomic E-state index is 0.103. The molecule has 1 aliphatic rings. The molecule has 2 heteroatoms. The molecule has 6 heavy (non-hydrogen) atoms. The van der Waals surface area contributed by atoms with Gasteiger partial charge in [-0.05, 0) is 0 Å². The highest BCUT2D eigenvalue weighted by Crippen LogP contribution is 2.31. The summed E-state index contributed by atoms with van der Waals surface area (Å²) in [6.07, 6.45) is 4.33. The van der Waals surface area contributed by atoms with Crippen molar-refractivity contribution in [2.45, 2.75) is 23.3 Å². The lowest BCUT2D eigenvalue weighted by molar-refractivity contribution is 0.502. The Balaban J connectivity index is 2.01. The first kappa shape index (κ1) is 5.20. The zero-order chi connectivity index (χ0) is 4.41. The third kappa shape index (κ3) is 1.01. The van der Waals surface area contributed by atoms with Crippen LogP contribution in [0.2, 0.25) is 4.05 Å². The van der Waals surface area contributed by atoms with Crippen molar-refractivity contribution >= 4 is 28.3 Å². The molecule has 0 atom stereocenters. The van der Waals surface area contributed by atoms with E-state index in [-0.39, 0.29) is 19.3 Å². The molecule has 0 unspecified atom stereocenters. The summed E-state index contributed by atoms with van der Waals surface area (Å²) in [4.78, 5) is 0. The van der Waals surface area contributed by atoms with Gasteiger partial charge >= 0.3 is 19.3 Å². The van der Waals surface area contributed by atoms with Crippen molar-refractivity contribution < 1.29 is 0 Å². The largest absolute Gasteiger partial charge is 0.504 e. The van der Waals surface area contributed by atoms with E-state index < -0.39 is 0 Å². The highest BCUT2D eigenvalue weighted by Gasteiger charge is 2.17. The smallest absolute Gasteiger partial charge is 0.346 e. The molecule has 0 spiro atoms. The number of hydrogen-bond acceptors (Lipinski definition) is 0. The maximum Gasteiger partial charge on any atom is 0.504 e. The molecule has 0 N–H and O–H groups in total. The first-order valence-corrected chi connectivity index (χ1v) is 5.45. The summed E-state index contributed by atoms with van der Waals surface area (Å²) in [5, 5.41) is 0. The quantitative estimate of drug-likeness (QED) is 0.457. The van der Waals surface area contributed by atoms with Gasteiger partial charge in [-0.3, -0.25) is 0 Å². The van der Waals surface area contributed by atoms with Crippen LogP contribution in [0.15, 0.2) is 0 Å². The van der Waals surface area contributed by atoms with Gasteiger partial charge in [0.2, 0.25) is 0 Å². The van der Waals surface area contributed by atoms with Gasteiger partial charge in [-0.1, -0.05) is 19.3 Å². The topological polar surface area (TPSA) is 0 Å². The summed E-state index contributed by atoms with van der Waals surface area (Å²) in [5.41, 5.74) is 0. The van der Waals surface area contributed by atoms with Gasteiger partial charge in [-0.15, -0.1) is 4.05 Å². The standard InChI is InChI=1S/C4H7.ClH.Mg/c1-2-4-3-1;;/h1H,2-4H2;1H;/q;;+1/p-1. The van der Waals surface area contributed by atoms with Crippen LogP contribution in [-0.2, 0) is 0 Å². The molecule has 1 rings (SSSR count). The zero-order valence-electron chi connectivity index (χ0n) is 3.78.